The minimum absolute atomic E-state index is 0.496. The van der Waals surface area contributed by atoms with E-state index in [2.05, 4.69) is 24.1 Å². The Morgan fingerprint density at radius 3 is 2.94 bits per heavy atom. The zero-order valence-electron chi connectivity index (χ0n) is 11.2. The van der Waals surface area contributed by atoms with Gasteiger partial charge in [-0.3, -0.25) is 0 Å². The van der Waals surface area contributed by atoms with E-state index in [1.54, 1.807) is 7.11 Å². The van der Waals surface area contributed by atoms with Gasteiger partial charge in [-0.1, -0.05) is 13.8 Å². The molecule has 0 aromatic carbocycles. The summed E-state index contributed by atoms with van der Waals surface area (Å²) in [6.07, 6.45) is 3.94. The second-order valence-corrected chi connectivity index (χ2v) is 5.11. The number of hydrogen-bond donors (Lipinski definition) is 1. The highest BCUT2D eigenvalue weighted by Gasteiger charge is 2.19. The molecule has 0 bridgehead atoms. The largest absolute Gasteiger partial charge is 0.383 e. The molecule has 0 radical (unpaired) electrons. The lowest BCUT2D eigenvalue weighted by molar-refractivity contribution is 0.117. The van der Waals surface area contributed by atoms with Gasteiger partial charge in [-0.05, 0) is 38.3 Å². The van der Waals surface area contributed by atoms with Crippen molar-refractivity contribution in [3.63, 3.8) is 0 Å². The summed E-state index contributed by atoms with van der Waals surface area (Å²) in [5, 5.41) is 3.57. The molecule has 3 heteroatoms. The number of nitrogens with zero attached hydrogens (tertiary/aromatic N) is 1. The third-order valence-corrected chi connectivity index (χ3v) is 3.27. The smallest absolute Gasteiger partial charge is 0.0628 e. The Bertz CT molecular complexity index is 175. The molecule has 1 rings (SSSR count). The third-order valence-electron chi connectivity index (χ3n) is 3.27. The molecule has 1 aliphatic heterocycles. The normalized spacial score (nSPS) is 24.6. The average Bonchev–Trinajstić information content (AvgIpc) is 2.26. The van der Waals surface area contributed by atoms with E-state index in [1.165, 1.54) is 32.4 Å². The lowest BCUT2D eigenvalue weighted by atomic mass is 10.00. The summed E-state index contributed by atoms with van der Waals surface area (Å²) in [4.78, 5) is 2.58. The Morgan fingerprint density at radius 1 is 1.50 bits per heavy atom. The van der Waals surface area contributed by atoms with Gasteiger partial charge in [0.25, 0.3) is 0 Å². The van der Waals surface area contributed by atoms with Crippen molar-refractivity contribution in [2.45, 2.75) is 39.2 Å². The minimum Gasteiger partial charge on any atom is -0.383 e. The zero-order valence-corrected chi connectivity index (χ0v) is 11.2. The lowest BCUT2D eigenvalue weighted by Crippen LogP contribution is -2.46. The standard InChI is InChI=1S/C13H28N2O/c1-4-7-14-13(11-16-3)10-15-8-5-6-12(2)9-15/h12-14H,4-11H2,1-3H3. The lowest BCUT2D eigenvalue weighted by Gasteiger charge is -2.33. The quantitative estimate of drug-likeness (QED) is 0.718. The first-order chi connectivity index (χ1) is 7.76. The van der Waals surface area contributed by atoms with E-state index >= 15 is 0 Å². The van der Waals surface area contributed by atoms with Gasteiger partial charge in [-0.15, -0.1) is 0 Å². The Labute approximate surface area is 101 Å². The first kappa shape index (κ1) is 13.9. The summed E-state index contributed by atoms with van der Waals surface area (Å²) in [5.41, 5.74) is 0. The first-order valence-electron chi connectivity index (χ1n) is 6.71. The number of methoxy groups -OCH3 is 1. The Hall–Kier alpha value is -0.120. The molecule has 3 nitrogen and oxygen atoms in total. The molecule has 0 aliphatic carbocycles. The van der Waals surface area contributed by atoms with E-state index in [0.717, 1.165) is 25.6 Å². The van der Waals surface area contributed by atoms with E-state index in [9.17, 15) is 0 Å². The van der Waals surface area contributed by atoms with Crippen LogP contribution in [-0.2, 0) is 4.74 Å². The highest BCUT2D eigenvalue weighted by Crippen LogP contribution is 2.15. The number of nitrogens with one attached hydrogen (secondary N) is 1. The van der Waals surface area contributed by atoms with Crippen molar-refractivity contribution in [3.8, 4) is 0 Å². The number of likely N-dealkylation sites (tertiary alicyclic amines) is 1. The molecule has 0 aromatic rings. The second kappa shape index (κ2) is 8.04. The monoisotopic (exact) mass is 228 g/mol. The fraction of sp³-hybridized carbons (Fsp3) is 1.00. The molecule has 1 aliphatic rings. The van der Waals surface area contributed by atoms with Crippen LogP contribution in [0.2, 0.25) is 0 Å². The predicted octanol–water partition coefficient (Wildman–Crippen LogP) is 1.73. The molecule has 1 saturated heterocycles. The van der Waals surface area contributed by atoms with Crippen LogP contribution in [0.1, 0.15) is 33.1 Å². The summed E-state index contributed by atoms with van der Waals surface area (Å²) in [6.45, 7) is 10.1. The molecular weight excluding hydrogens is 200 g/mol. The van der Waals surface area contributed by atoms with Gasteiger partial charge in [0.1, 0.15) is 0 Å². The van der Waals surface area contributed by atoms with Gasteiger partial charge in [-0.2, -0.15) is 0 Å². The summed E-state index contributed by atoms with van der Waals surface area (Å²) >= 11 is 0. The topological polar surface area (TPSA) is 24.5 Å². The van der Waals surface area contributed by atoms with Crippen molar-refractivity contribution in [1.82, 2.24) is 10.2 Å². The van der Waals surface area contributed by atoms with Crippen LogP contribution in [0.4, 0.5) is 0 Å². The van der Waals surface area contributed by atoms with E-state index < -0.39 is 0 Å². The van der Waals surface area contributed by atoms with Crippen molar-refractivity contribution in [2.24, 2.45) is 5.92 Å². The molecule has 0 aromatic heterocycles. The molecule has 16 heavy (non-hydrogen) atoms. The molecular formula is C13H28N2O. The predicted molar refractivity (Wildman–Crippen MR) is 68.8 cm³/mol. The van der Waals surface area contributed by atoms with E-state index in [1.807, 2.05) is 0 Å². The fourth-order valence-corrected chi connectivity index (χ4v) is 2.49. The van der Waals surface area contributed by atoms with Crippen LogP contribution in [0.3, 0.4) is 0 Å². The summed E-state index contributed by atoms with van der Waals surface area (Å²) in [7, 11) is 1.79. The van der Waals surface area contributed by atoms with Gasteiger partial charge >= 0.3 is 0 Å². The number of piperidine rings is 1. The molecule has 2 atom stereocenters. The van der Waals surface area contributed by atoms with Gasteiger partial charge in [-0.25, -0.2) is 0 Å². The molecule has 1 N–H and O–H groups in total. The first-order valence-corrected chi connectivity index (χ1v) is 6.71. The Kier molecular flexibility index (Phi) is 7.01. The summed E-state index contributed by atoms with van der Waals surface area (Å²) in [5.74, 6) is 0.864. The van der Waals surface area contributed by atoms with E-state index in [4.69, 9.17) is 4.74 Å². The number of ether oxygens (including phenoxy) is 1. The Balaban J connectivity index is 2.28. The molecule has 0 amide bonds. The summed E-state index contributed by atoms with van der Waals surface area (Å²) < 4.78 is 5.28. The van der Waals surface area contributed by atoms with Gasteiger partial charge in [0.2, 0.25) is 0 Å². The average molecular weight is 228 g/mol. The van der Waals surface area contributed by atoms with Gasteiger partial charge in [0.05, 0.1) is 6.61 Å². The van der Waals surface area contributed by atoms with Crippen LogP contribution in [0.5, 0.6) is 0 Å². The van der Waals surface area contributed by atoms with Crippen LogP contribution in [0.15, 0.2) is 0 Å². The van der Waals surface area contributed by atoms with Crippen LogP contribution in [0.25, 0.3) is 0 Å². The van der Waals surface area contributed by atoms with Gasteiger partial charge in [0, 0.05) is 26.2 Å². The van der Waals surface area contributed by atoms with Crippen molar-refractivity contribution in [1.29, 1.82) is 0 Å². The minimum atomic E-state index is 0.496. The maximum absolute atomic E-state index is 5.28. The number of hydrogen-bond acceptors (Lipinski definition) is 3. The maximum Gasteiger partial charge on any atom is 0.0628 e. The van der Waals surface area contributed by atoms with Gasteiger partial charge in [0.15, 0.2) is 0 Å². The zero-order chi connectivity index (χ0) is 11.8. The number of rotatable bonds is 7. The Morgan fingerprint density at radius 2 is 2.31 bits per heavy atom. The van der Waals surface area contributed by atoms with Crippen LogP contribution in [-0.4, -0.2) is 50.8 Å². The van der Waals surface area contributed by atoms with Crippen molar-refractivity contribution >= 4 is 0 Å². The van der Waals surface area contributed by atoms with Crippen molar-refractivity contribution in [3.05, 3.63) is 0 Å². The third kappa shape index (κ3) is 5.28. The van der Waals surface area contributed by atoms with Crippen LogP contribution >= 0.6 is 0 Å². The van der Waals surface area contributed by atoms with E-state index in [0.29, 0.717) is 6.04 Å². The maximum atomic E-state index is 5.28. The van der Waals surface area contributed by atoms with Gasteiger partial charge < -0.3 is 15.0 Å². The highest BCUT2D eigenvalue weighted by atomic mass is 16.5. The molecule has 1 fully saturated rings. The van der Waals surface area contributed by atoms with Crippen molar-refractivity contribution < 1.29 is 4.74 Å². The van der Waals surface area contributed by atoms with Crippen LogP contribution < -0.4 is 5.32 Å². The molecule has 1 heterocycles. The van der Waals surface area contributed by atoms with Crippen molar-refractivity contribution in [2.75, 3.05) is 39.9 Å². The molecule has 0 saturated carbocycles. The molecule has 96 valence electrons. The van der Waals surface area contributed by atoms with E-state index in [-0.39, 0.29) is 0 Å². The highest BCUT2D eigenvalue weighted by molar-refractivity contribution is 4.76. The van der Waals surface area contributed by atoms with Crippen LogP contribution in [0, 0.1) is 5.92 Å². The molecule has 2 unspecified atom stereocenters. The summed E-state index contributed by atoms with van der Waals surface area (Å²) in [6, 6.07) is 0.496. The second-order valence-electron chi connectivity index (χ2n) is 5.11. The fourth-order valence-electron chi connectivity index (χ4n) is 2.49. The SMILES string of the molecule is CCCNC(COC)CN1CCCC(C)C1. The molecule has 0 spiro atoms.